The SMILES string of the molecule is COc1ccc(C)cc1NC1=C(c2ccc(OC)c(OC)c2)C(=O)N(Cc2cccnc2)C1=O. The molecule has 34 heavy (non-hydrogen) atoms. The molecule has 0 radical (unpaired) electrons. The van der Waals surface area contributed by atoms with E-state index >= 15 is 0 Å². The predicted molar refractivity (Wildman–Crippen MR) is 128 cm³/mol. The van der Waals surface area contributed by atoms with E-state index < -0.39 is 11.8 Å². The number of aromatic nitrogens is 1. The minimum Gasteiger partial charge on any atom is -0.495 e. The highest BCUT2D eigenvalue weighted by molar-refractivity contribution is 6.36. The van der Waals surface area contributed by atoms with Crippen LogP contribution in [0.1, 0.15) is 16.7 Å². The quantitative estimate of drug-likeness (QED) is 0.513. The highest BCUT2D eigenvalue weighted by Crippen LogP contribution is 2.37. The number of benzene rings is 2. The average Bonchev–Trinajstić information content (AvgIpc) is 3.08. The van der Waals surface area contributed by atoms with Gasteiger partial charge in [0.2, 0.25) is 0 Å². The first-order valence-corrected chi connectivity index (χ1v) is 10.6. The van der Waals surface area contributed by atoms with Crippen LogP contribution in [0.5, 0.6) is 17.2 Å². The molecule has 4 rings (SSSR count). The van der Waals surface area contributed by atoms with E-state index in [1.807, 2.05) is 31.2 Å². The van der Waals surface area contributed by atoms with Crippen LogP contribution in [-0.4, -0.2) is 43.0 Å². The van der Waals surface area contributed by atoms with Gasteiger partial charge in [-0.05, 0) is 53.9 Å². The number of ether oxygens (including phenoxy) is 3. The Bertz CT molecular complexity index is 1270. The molecule has 0 saturated heterocycles. The number of nitrogens with one attached hydrogen (secondary N) is 1. The first-order chi connectivity index (χ1) is 16.5. The van der Waals surface area contributed by atoms with Crippen molar-refractivity contribution in [1.82, 2.24) is 9.88 Å². The van der Waals surface area contributed by atoms with Crippen LogP contribution in [-0.2, 0) is 16.1 Å². The van der Waals surface area contributed by atoms with Crippen molar-refractivity contribution in [3.63, 3.8) is 0 Å². The number of pyridine rings is 1. The van der Waals surface area contributed by atoms with Crippen LogP contribution in [0, 0.1) is 6.92 Å². The summed E-state index contributed by atoms with van der Waals surface area (Å²) >= 11 is 0. The van der Waals surface area contributed by atoms with E-state index in [-0.39, 0.29) is 17.8 Å². The first-order valence-electron chi connectivity index (χ1n) is 10.6. The van der Waals surface area contributed by atoms with E-state index in [1.165, 1.54) is 19.1 Å². The summed E-state index contributed by atoms with van der Waals surface area (Å²) in [5, 5.41) is 3.17. The smallest absolute Gasteiger partial charge is 0.278 e. The van der Waals surface area contributed by atoms with Gasteiger partial charge in [0.05, 0.1) is 39.1 Å². The molecule has 0 spiro atoms. The number of nitrogens with zero attached hydrogens (tertiary/aromatic N) is 2. The first kappa shape index (κ1) is 22.8. The van der Waals surface area contributed by atoms with Crippen molar-refractivity contribution >= 4 is 23.1 Å². The number of aryl methyl sites for hydroxylation is 1. The lowest BCUT2D eigenvalue weighted by atomic mass is 10.0. The predicted octanol–water partition coefficient (Wildman–Crippen LogP) is 3.81. The van der Waals surface area contributed by atoms with Crippen molar-refractivity contribution in [1.29, 1.82) is 0 Å². The molecule has 1 aliphatic rings. The number of hydrogen-bond donors (Lipinski definition) is 1. The standard InChI is InChI=1S/C26H25N3O5/c1-16-7-9-20(32-2)19(12-16)28-24-23(18-8-10-21(33-3)22(13-18)34-4)25(30)29(26(24)31)15-17-6-5-11-27-14-17/h5-14,28H,15H2,1-4H3. The monoisotopic (exact) mass is 459 g/mol. The molecular formula is C26H25N3O5. The van der Waals surface area contributed by atoms with Gasteiger partial charge in [0.25, 0.3) is 11.8 Å². The molecule has 1 aromatic heterocycles. The van der Waals surface area contributed by atoms with E-state index in [4.69, 9.17) is 14.2 Å². The summed E-state index contributed by atoms with van der Waals surface area (Å²) in [4.78, 5) is 32.4. The number of amides is 2. The fraction of sp³-hybridized carbons (Fsp3) is 0.192. The summed E-state index contributed by atoms with van der Waals surface area (Å²) < 4.78 is 16.2. The second-order valence-corrected chi connectivity index (χ2v) is 7.71. The molecule has 2 heterocycles. The fourth-order valence-electron chi connectivity index (χ4n) is 3.82. The van der Waals surface area contributed by atoms with Gasteiger partial charge in [-0.15, -0.1) is 0 Å². The van der Waals surface area contributed by atoms with Gasteiger partial charge in [0, 0.05) is 12.4 Å². The second-order valence-electron chi connectivity index (χ2n) is 7.71. The lowest BCUT2D eigenvalue weighted by Gasteiger charge is -2.16. The molecule has 8 nitrogen and oxygen atoms in total. The molecule has 1 N–H and O–H groups in total. The largest absolute Gasteiger partial charge is 0.495 e. The molecule has 0 atom stereocenters. The van der Waals surface area contributed by atoms with E-state index in [2.05, 4.69) is 10.3 Å². The fourth-order valence-corrected chi connectivity index (χ4v) is 3.82. The van der Waals surface area contributed by atoms with Gasteiger partial charge in [-0.2, -0.15) is 0 Å². The Morgan fingerprint density at radius 1 is 0.882 bits per heavy atom. The van der Waals surface area contributed by atoms with Gasteiger partial charge in [-0.25, -0.2) is 0 Å². The Kier molecular flexibility index (Phi) is 6.49. The zero-order valence-electron chi connectivity index (χ0n) is 19.4. The minimum absolute atomic E-state index is 0.0957. The molecule has 0 bridgehead atoms. The zero-order chi connectivity index (χ0) is 24.2. The highest BCUT2D eigenvalue weighted by Gasteiger charge is 2.39. The van der Waals surface area contributed by atoms with Gasteiger partial charge >= 0.3 is 0 Å². The molecule has 0 saturated carbocycles. The summed E-state index contributed by atoms with van der Waals surface area (Å²) in [5.74, 6) is 0.657. The summed E-state index contributed by atoms with van der Waals surface area (Å²) in [5.41, 5.74) is 3.22. The molecule has 8 heteroatoms. The average molecular weight is 460 g/mol. The lowest BCUT2D eigenvalue weighted by Crippen LogP contribution is -2.32. The van der Waals surface area contributed by atoms with E-state index in [1.54, 1.807) is 43.8 Å². The van der Waals surface area contributed by atoms with E-state index in [0.717, 1.165) is 11.1 Å². The van der Waals surface area contributed by atoms with Crippen LogP contribution in [0.3, 0.4) is 0 Å². The van der Waals surface area contributed by atoms with Crippen LogP contribution in [0.25, 0.3) is 5.57 Å². The van der Waals surface area contributed by atoms with Crippen LogP contribution in [0.4, 0.5) is 5.69 Å². The molecule has 174 valence electrons. The van der Waals surface area contributed by atoms with E-state index in [9.17, 15) is 9.59 Å². The van der Waals surface area contributed by atoms with Gasteiger partial charge in [-0.1, -0.05) is 18.2 Å². The Balaban J connectivity index is 1.82. The molecule has 0 aliphatic carbocycles. The third-order valence-electron chi connectivity index (χ3n) is 5.52. The van der Waals surface area contributed by atoms with Crippen molar-refractivity contribution in [2.45, 2.75) is 13.5 Å². The van der Waals surface area contributed by atoms with Crippen LogP contribution < -0.4 is 19.5 Å². The van der Waals surface area contributed by atoms with Crippen molar-refractivity contribution in [2.24, 2.45) is 0 Å². The normalized spacial score (nSPS) is 13.4. The van der Waals surface area contributed by atoms with Crippen molar-refractivity contribution in [2.75, 3.05) is 26.6 Å². The third-order valence-corrected chi connectivity index (χ3v) is 5.52. The van der Waals surface area contributed by atoms with Gasteiger partial charge in [0.1, 0.15) is 11.4 Å². The number of hydrogen-bond acceptors (Lipinski definition) is 7. The van der Waals surface area contributed by atoms with Gasteiger partial charge < -0.3 is 19.5 Å². The maximum atomic E-state index is 13.6. The van der Waals surface area contributed by atoms with Crippen molar-refractivity contribution < 1.29 is 23.8 Å². The van der Waals surface area contributed by atoms with Crippen molar-refractivity contribution in [3.8, 4) is 17.2 Å². The Morgan fingerprint density at radius 2 is 1.62 bits per heavy atom. The Hall–Kier alpha value is -4.33. The molecular weight excluding hydrogens is 434 g/mol. The van der Waals surface area contributed by atoms with Crippen LogP contribution >= 0.6 is 0 Å². The molecule has 2 aromatic carbocycles. The van der Waals surface area contributed by atoms with Gasteiger partial charge in [-0.3, -0.25) is 19.5 Å². The molecule has 1 aliphatic heterocycles. The number of anilines is 1. The molecule has 2 amide bonds. The van der Waals surface area contributed by atoms with E-state index in [0.29, 0.717) is 28.5 Å². The maximum Gasteiger partial charge on any atom is 0.278 e. The number of rotatable bonds is 8. The maximum absolute atomic E-state index is 13.6. The second kappa shape index (κ2) is 9.66. The molecule has 3 aromatic rings. The summed E-state index contributed by atoms with van der Waals surface area (Å²) in [6.07, 6.45) is 3.27. The Morgan fingerprint density at radius 3 is 2.29 bits per heavy atom. The van der Waals surface area contributed by atoms with Crippen molar-refractivity contribution in [3.05, 3.63) is 83.3 Å². The molecule has 0 unspecified atom stereocenters. The van der Waals surface area contributed by atoms with Gasteiger partial charge in [0.15, 0.2) is 11.5 Å². The summed E-state index contributed by atoms with van der Waals surface area (Å²) in [6, 6.07) is 14.3. The number of methoxy groups -OCH3 is 3. The van der Waals surface area contributed by atoms with Crippen LogP contribution in [0.2, 0.25) is 0 Å². The molecule has 0 fully saturated rings. The topological polar surface area (TPSA) is 90.0 Å². The summed E-state index contributed by atoms with van der Waals surface area (Å²) in [6.45, 7) is 2.03. The highest BCUT2D eigenvalue weighted by atomic mass is 16.5. The minimum atomic E-state index is -0.442. The van der Waals surface area contributed by atoms with Crippen LogP contribution in [0.15, 0.2) is 66.6 Å². The number of carbonyl (C=O) groups excluding carboxylic acids is 2. The number of imide groups is 1. The third kappa shape index (κ3) is 4.30. The lowest BCUT2D eigenvalue weighted by molar-refractivity contribution is -0.137. The number of carbonyl (C=O) groups is 2. The Labute approximate surface area is 197 Å². The zero-order valence-corrected chi connectivity index (χ0v) is 19.4. The summed E-state index contributed by atoms with van der Waals surface area (Å²) in [7, 11) is 4.60.